The number of esters is 2. The van der Waals surface area contributed by atoms with Gasteiger partial charge < -0.3 is 60.5 Å². The molecule has 0 spiro atoms. The number of aliphatic carboxylic acids is 1. The number of thioether (sulfide) groups is 1. The smallest absolute Gasteiger partial charge is 0.472 e. The molecular weight excluding hydrogens is 1010 g/mol. The van der Waals surface area contributed by atoms with Crippen molar-refractivity contribution >= 4 is 45.3 Å². The largest absolute Gasteiger partial charge is 0.481 e. The number of carboxylic acid groups (broad SMARTS) is 1. The minimum absolute atomic E-state index is 0.0730. The van der Waals surface area contributed by atoms with E-state index in [1.165, 1.54) is 38.5 Å². The maximum absolute atomic E-state index is 13.2. The lowest BCUT2D eigenvalue weighted by Gasteiger charge is -2.43. The summed E-state index contributed by atoms with van der Waals surface area (Å²) in [6.45, 7) is 2.59. The normalized spacial score (nSPS) is 22.3. The molecule has 1 aliphatic rings. The van der Waals surface area contributed by atoms with Crippen LogP contribution in [0, 0.1) is 0 Å². The number of phosphoric acid groups is 2. The average Bonchev–Trinajstić information content (AvgIpc) is 3.33. The number of unbranched alkanes of at least 4 members (excludes halogenated alkanes) is 14. The second kappa shape index (κ2) is 40.7. The molecule has 1 rings (SSSR count). The molecule has 23 heteroatoms. The van der Waals surface area contributed by atoms with E-state index in [2.05, 4.69) is 42.7 Å². The predicted molar refractivity (Wildman–Crippen MR) is 279 cm³/mol. The molecule has 0 radical (unpaired) electrons. The van der Waals surface area contributed by atoms with Crippen molar-refractivity contribution in [3.05, 3.63) is 60.8 Å². The van der Waals surface area contributed by atoms with E-state index in [1.54, 1.807) is 18.2 Å². The lowest BCUT2D eigenvalue weighted by Crippen LogP contribution is -2.64. The number of rotatable bonds is 43. The molecule has 1 unspecified atom stereocenters. The predicted octanol–water partition coefficient (Wildman–Crippen LogP) is 7.16. The van der Waals surface area contributed by atoms with Crippen LogP contribution in [-0.4, -0.2) is 142 Å². The van der Waals surface area contributed by atoms with Crippen LogP contribution in [0.4, 0.5) is 0 Å². The van der Waals surface area contributed by atoms with Gasteiger partial charge in [0.15, 0.2) is 6.10 Å². The van der Waals surface area contributed by atoms with Crippen LogP contribution >= 0.6 is 27.4 Å². The average molecular weight is 1100 g/mol. The summed E-state index contributed by atoms with van der Waals surface area (Å²) >= 11 is 1.11. The first-order valence-electron chi connectivity index (χ1n) is 25.8. The zero-order chi connectivity index (χ0) is 54.5. The quantitative estimate of drug-likeness (QED) is 0.00952. The minimum Gasteiger partial charge on any atom is -0.481 e. The van der Waals surface area contributed by atoms with E-state index in [4.69, 9.17) is 29.4 Å². The van der Waals surface area contributed by atoms with Crippen LogP contribution in [0.15, 0.2) is 60.8 Å². The molecule has 1 aliphatic carbocycles. The molecule has 0 aromatic heterocycles. The lowest BCUT2D eigenvalue weighted by atomic mass is 9.85. The van der Waals surface area contributed by atoms with E-state index in [0.29, 0.717) is 12.8 Å². The molecule has 0 aromatic rings. The Morgan fingerprint density at radius 3 is 1.78 bits per heavy atom. The fraction of sp³-hybridized carbons (Fsp3) is 0.740. The second-order valence-corrected chi connectivity index (χ2v) is 21.9. The Labute approximate surface area is 436 Å². The van der Waals surface area contributed by atoms with Crippen LogP contribution in [0.5, 0.6) is 0 Å². The first-order valence-corrected chi connectivity index (χ1v) is 29.8. The summed E-state index contributed by atoms with van der Waals surface area (Å²) in [6, 6.07) is -1.31. The zero-order valence-corrected chi connectivity index (χ0v) is 45.3. The summed E-state index contributed by atoms with van der Waals surface area (Å²) in [5.41, 5.74) is 6.18. The summed E-state index contributed by atoms with van der Waals surface area (Å²) in [4.78, 5) is 66.7. The molecule has 0 saturated heterocycles. The van der Waals surface area contributed by atoms with Crippen LogP contribution < -0.4 is 5.73 Å². The zero-order valence-electron chi connectivity index (χ0n) is 42.7. The van der Waals surface area contributed by atoms with Crippen molar-refractivity contribution in [1.29, 1.82) is 0 Å². The molecule has 11 N–H and O–H groups in total. The SMILES string of the molecule is CCCCC/C=C\C\C=C/C=C/C=C/[C@@H](SC[C@H](N)C(=O)OC[C@H](COP(=O)(O)O[C@H]1[C@H](O)[C@@H](O)[C@H](O)[C@@H](O)[C@H]1OP(=O)(O)O)OC(=O)CCCCCCCCC/C=C\CCCCCC)[C@@H](O)CCCC(=O)O. The number of ether oxygens (including phenoxy) is 2. The summed E-state index contributed by atoms with van der Waals surface area (Å²) < 4.78 is 50.0. The fourth-order valence-electron chi connectivity index (χ4n) is 7.40. The van der Waals surface area contributed by atoms with Crippen molar-refractivity contribution in [3.8, 4) is 0 Å². The van der Waals surface area contributed by atoms with E-state index < -0.39 is 107 Å². The highest BCUT2D eigenvalue weighted by atomic mass is 32.2. The Bertz CT molecular complexity index is 1760. The van der Waals surface area contributed by atoms with Crippen LogP contribution in [0.3, 0.4) is 0 Å². The van der Waals surface area contributed by atoms with Gasteiger partial charge in [-0.25, -0.2) is 9.13 Å². The van der Waals surface area contributed by atoms with Crippen molar-refractivity contribution in [2.75, 3.05) is 19.0 Å². The Morgan fingerprint density at radius 2 is 1.18 bits per heavy atom. The van der Waals surface area contributed by atoms with Crippen molar-refractivity contribution in [2.24, 2.45) is 5.73 Å². The highest BCUT2D eigenvalue weighted by molar-refractivity contribution is 8.00. The maximum Gasteiger partial charge on any atom is 0.472 e. The van der Waals surface area contributed by atoms with Gasteiger partial charge in [-0.05, 0) is 64.2 Å². The fourth-order valence-corrected chi connectivity index (χ4v) is 10.1. The summed E-state index contributed by atoms with van der Waals surface area (Å²) in [5, 5.41) is 60.6. The number of allylic oxidation sites excluding steroid dienone is 9. The Balaban J connectivity index is 3.00. The molecule has 0 aromatic carbocycles. The molecular formula is C50H87NO19P2S. The Hall–Kier alpha value is -2.56. The van der Waals surface area contributed by atoms with Gasteiger partial charge >= 0.3 is 33.6 Å². The van der Waals surface area contributed by atoms with E-state index in [9.17, 15) is 63.7 Å². The number of carboxylic acids is 1. The Morgan fingerprint density at radius 1 is 0.644 bits per heavy atom. The standard InChI is InChI=1S/C50H87NO19P2S/c1-3-5-7-9-11-13-15-17-18-19-21-23-25-27-29-34-43(55)68-38(36-67-72(64,65)70-49-47(59)45(57)44(56)46(58)48(49)69-71(61,62)63)35-66-50(60)39(51)37-73-41(40(52)31-30-33-42(53)54)32-28-26-24-22-20-16-14-12-10-8-6-4-2/h12-15,20,22,24,26,28,32,38-41,44-49,52,56-59H,3-11,16-19,21,23,25,27,29-31,33-37,51H2,1-2H3,(H,53,54)(H,64,65)(H2,61,62,63)/b14-12-,15-13-,22-20-,26-24+,32-28+/t38-,39+,40+,41-,44+,45+,46-,47-,48-,49+/m1/s1. The number of hydrogen-bond acceptors (Lipinski definition) is 17. The Kier molecular flexibility index (Phi) is 38.1. The first-order chi connectivity index (χ1) is 34.7. The summed E-state index contributed by atoms with van der Waals surface area (Å²) in [6.07, 6.45) is 21.9. The molecule has 422 valence electrons. The van der Waals surface area contributed by atoms with E-state index >= 15 is 0 Å². The van der Waals surface area contributed by atoms with Crippen LogP contribution in [0.2, 0.25) is 0 Å². The third-order valence-electron chi connectivity index (χ3n) is 11.6. The van der Waals surface area contributed by atoms with Gasteiger partial charge in [0.2, 0.25) is 0 Å². The number of nitrogens with two attached hydrogens (primary N) is 1. The molecule has 0 amide bonds. The highest BCUT2D eigenvalue weighted by Gasteiger charge is 2.54. The van der Waals surface area contributed by atoms with Gasteiger partial charge in [-0.15, -0.1) is 11.8 Å². The number of hydrogen-bond donors (Lipinski definition) is 10. The number of phosphoric ester groups is 2. The van der Waals surface area contributed by atoms with Gasteiger partial charge in [0, 0.05) is 23.8 Å². The molecule has 1 saturated carbocycles. The van der Waals surface area contributed by atoms with Gasteiger partial charge in [-0.1, -0.05) is 139 Å². The molecule has 1 fully saturated rings. The van der Waals surface area contributed by atoms with Crippen molar-refractivity contribution in [3.63, 3.8) is 0 Å². The maximum atomic E-state index is 13.2. The molecule has 0 bridgehead atoms. The minimum atomic E-state index is -5.51. The highest BCUT2D eigenvalue weighted by Crippen LogP contribution is 2.50. The van der Waals surface area contributed by atoms with Gasteiger partial charge in [0.1, 0.15) is 49.3 Å². The van der Waals surface area contributed by atoms with E-state index in [0.717, 1.165) is 76.0 Å². The van der Waals surface area contributed by atoms with Gasteiger partial charge in [-0.3, -0.25) is 28.0 Å². The molecule has 0 heterocycles. The summed E-state index contributed by atoms with van der Waals surface area (Å²) in [5.74, 6) is -2.88. The molecule has 0 aliphatic heterocycles. The number of carbonyl (C=O) groups is 3. The van der Waals surface area contributed by atoms with Crippen LogP contribution in [0.1, 0.15) is 155 Å². The summed E-state index contributed by atoms with van der Waals surface area (Å²) in [7, 11) is -11.0. The van der Waals surface area contributed by atoms with Crippen LogP contribution in [-0.2, 0) is 46.6 Å². The van der Waals surface area contributed by atoms with Crippen molar-refractivity contribution in [1.82, 2.24) is 0 Å². The van der Waals surface area contributed by atoms with Gasteiger partial charge in [0.05, 0.1) is 12.7 Å². The second-order valence-electron chi connectivity index (χ2n) is 18.1. The third kappa shape index (κ3) is 34.0. The number of aliphatic hydroxyl groups is 5. The van der Waals surface area contributed by atoms with E-state index in [-0.39, 0.29) is 31.4 Å². The van der Waals surface area contributed by atoms with Crippen molar-refractivity contribution in [2.45, 2.75) is 215 Å². The first kappa shape index (κ1) is 68.5. The third-order valence-corrected chi connectivity index (χ3v) is 14.5. The molecule has 11 atom stereocenters. The lowest BCUT2D eigenvalue weighted by molar-refractivity contribution is -0.216. The van der Waals surface area contributed by atoms with E-state index in [1.807, 2.05) is 18.2 Å². The van der Waals surface area contributed by atoms with Gasteiger partial charge in [-0.2, -0.15) is 0 Å². The molecule has 20 nitrogen and oxygen atoms in total. The molecule has 73 heavy (non-hydrogen) atoms. The monoisotopic (exact) mass is 1100 g/mol. The van der Waals surface area contributed by atoms with Gasteiger partial charge in [0.25, 0.3) is 0 Å². The van der Waals surface area contributed by atoms with Crippen LogP contribution in [0.25, 0.3) is 0 Å². The number of aliphatic hydroxyl groups excluding tert-OH is 5. The topological polar surface area (TPSA) is 340 Å². The van der Waals surface area contributed by atoms with Crippen molar-refractivity contribution < 1.29 is 91.9 Å². The number of carbonyl (C=O) groups excluding carboxylic acids is 2.